The molecule has 0 radical (unpaired) electrons. The van der Waals surface area contributed by atoms with E-state index >= 15 is 0 Å². The molecule has 2 aromatic carbocycles. The largest absolute Gasteiger partial charge is 0.497 e. The number of hydrogen-bond donors (Lipinski definition) is 1. The van der Waals surface area contributed by atoms with Gasteiger partial charge in [-0.25, -0.2) is 9.69 Å². The van der Waals surface area contributed by atoms with E-state index in [4.69, 9.17) is 14.2 Å². The van der Waals surface area contributed by atoms with Crippen LogP contribution in [0, 0.1) is 11.3 Å². The first-order valence-electron chi connectivity index (χ1n) is 14.0. The van der Waals surface area contributed by atoms with Gasteiger partial charge < -0.3 is 23.7 Å². The summed E-state index contributed by atoms with van der Waals surface area (Å²) in [6.45, 7) is 2.01. The minimum absolute atomic E-state index is 0.00888. The number of likely N-dealkylation sites (tertiary alicyclic amines) is 1. The fourth-order valence-corrected chi connectivity index (χ4v) is 6.90. The SMILES string of the molecule is COc1ccc(N2C(=O)NC(=O)[C@](Cc3ccc4c(c3)OCO4)(CN3C[C@@H]4C[C@H](C3)c3cccc(=O)n3C4)C2=O)cc1. The van der Waals surface area contributed by atoms with Crippen molar-refractivity contribution < 1.29 is 28.6 Å². The second kappa shape index (κ2) is 10.0. The number of fused-ring (bicyclic) bond motifs is 5. The van der Waals surface area contributed by atoms with Gasteiger partial charge in [-0.15, -0.1) is 0 Å². The Balaban J connectivity index is 1.26. The van der Waals surface area contributed by atoms with Crippen LogP contribution in [0.2, 0.25) is 0 Å². The summed E-state index contributed by atoms with van der Waals surface area (Å²) in [7, 11) is 1.53. The molecule has 216 valence electrons. The average Bonchev–Trinajstić information content (AvgIpc) is 3.45. The third-order valence-electron chi connectivity index (χ3n) is 8.79. The number of amides is 4. The third-order valence-corrected chi connectivity index (χ3v) is 8.79. The summed E-state index contributed by atoms with van der Waals surface area (Å²) in [5.41, 5.74) is 0.405. The first-order chi connectivity index (χ1) is 20.3. The number of nitrogens with zero attached hydrogens (tertiary/aromatic N) is 3. The smallest absolute Gasteiger partial charge is 0.335 e. The number of anilines is 1. The lowest BCUT2D eigenvalue weighted by Gasteiger charge is -2.47. The topological polar surface area (TPSA) is 119 Å². The number of nitrogens with one attached hydrogen (secondary N) is 1. The van der Waals surface area contributed by atoms with Crippen molar-refractivity contribution in [1.29, 1.82) is 0 Å². The minimum atomic E-state index is -1.61. The number of pyridine rings is 1. The molecule has 0 spiro atoms. The van der Waals surface area contributed by atoms with Crippen LogP contribution in [-0.2, 0) is 22.6 Å². The molecule has 2 saturated heterocycles. The molecule has 11 heteroatoms. The summed E-state index contributed by atoms with van der Waals surface area (Å²) in [5.74, 6) is 0.781. The van der Waals surface area contributed by atoms with E-state index < -0.39 is 23.3 Å². The number of imide groups is 2. The quantitative estimate of drug-likeness (QED) is 0.449. The molecule has 1 aromatic heterocycles. The molecule has 2 bridgehead atoms. The summed E-state index contributed by atoms with van der Waals surface area (Å²) < 4.78 is 18.1. The number of barbiturate groups is 1. The molecule has 0 unspecified atom stereocenters. The summed E-state index contributed by atoms with van der Waals surface area (Å²) >= 11 is 0. The Hall–Kier alpha value is -4.64. The molecule has 2 fully saturated rings. The van der Waals surface area contributed by atoms with Crippen molar-refractivity contribution in [2.24, 2.45) is 11.3 Å². The van der Waals surface area contributed by atoms with Gasteiger partial charge in [-0.05, 0) is 66.8 Å². The van der Waals surface area contributed by atoms with Gasteiger partial charge in [0.2, 0.25) is 12.7 Å². The maximum atomic E-state index is 14.5. The van der Waals surface area contributed by atoms with Gasteiger partial charge in [0.15, 0.2) is 11.5 Å². The molecule has 5 heterocycles. The molecule has 3 atom stereocenters. The standard InChI is InChI=1S/C31H30N4O7/c1-40-23-8-6-22(7-9-23)35-29(38)31(28(37)32-30(35)39,13-19-5-10-25-26(12-19)42-18-41-25)17-33-14-20-11-21(16-33)24-3-2-4-27(36)34(24)15-20/h2-10,12,20-21H,11,13-18H2,1H3,(H,32,37,39)/t20-,21+,31-/m0/s1. The van der Waals surface area contributed by atoms with Crippen LogP contribution in [0.4, 0.5) is 10.5 Å². The zero-order valence-electron chi connectivity index (χ0n) is 23.1. The Kier molecular flexibility index (Phi) is 6.27. The van der Waals surface area contributed by atoms with Crippen LogP contribution < -0.4 is 30.0 Å². The highest BCUT2D eigenvalue weighted by atomic mass is 16.7. The number of hydrogen-bond acceptors (Lipinski definition) is 8. The third kappa shape index (κ3) is 4.32. The molecule has 4 aliphatic rings. The number of benzene rings is 2. The summed E-state index contributed by atoms with van der Waals surface area (Å²) in [6, 6.07) is 16.5. The van der Waals surface area contributed by atoms with Crippen LogP contribution in [0.1, 0.15) is 23.6 Å². The van der Waals surface area contributed by atoms with Gasteiger partial charge in [0.25, 0.3) is 11.5 Å². The molecule has 1 N–H and O–H groups in total. The summed E-state index contributed by atoms with van der Waals surface area (Å²) in [4.78, 5) is 57.3. The van der Waals surface area contributed by atoms with Gasteiger partial charge in [0.1, 0.15) is 11.2 Å². The molecule has 42 heavy (non-hydrogen) atoms. The first kappa shape index (κ1) is 26.3. The van der Waals surface area contributed by atoms with E-state index in [-0.39, 0.29) is 37.2 Å². The van der Waals surface area contributed by atoms with Crippen LogP contribution >= 0.6 is 0 Å². The minimum Gasteiger partial charge on any atom is -0.497 e. The molecular weight excluding hydrogens is 540 g/mol. The molecular formula is C31H30N4O7. The highest BCUT2D eigenvalue weighted by Gasteiger charge is 2.56. The normalized spacial score (nSPS) is 24.8. The van der Waals surface area contributed by atoms with Crippen LogP contribution in [-0.4, -0.2) is 60.8 Å². The number of methoxy groups -OCH3 is 1. The predicted octanol–water partition coefficient (Wildman–Crippen LogP) is 2.52. The molecule has 0 aliphatic carbocycles. The highest BCUT2D eigenvalue weighted by Crippen LogP contribution is 2.41. The van der Waals surface area contributed by atoms with Crippen molar-refractivity contribution in [3.8, 4) is 17.2 Å². The van der Waals surface area contributed by atoms with Crippen LogP contribution in [0.5, 0.6) is 17.2 Å². The Bertz CT molecular complexity index is 1650. The average molecular weight is 571 g/mol. The zero-order valence-corrected chi connectivity index (χ0v) is 23.1. The summed E-state index contributed by atoms with van der Waals surface area (Å²) in [5, 5.41) is 2.48. The van der Waals surface area contributed by atoms with E-state index in [1.165, 1.54) is 7.11 Å². The van der Waals surface area contributed by atoms with Crippen molar-refractivity contribution in [2.75, 3.05) is 38.4 Å². The second-order valence-corrected chi connectivity index (χ2v) is 11.4. The van der Waals surface area contributed by atoms with Gasteiger partial charge in [-0.2, -0.15) is 0 Å². The van der Waals surface area contributed by atoms with Crippen LogP contribution in [0.3, 0.4) is 0 Å². The lowest BCUT2D eigenvalue weighted by molar-refractivity contribution is -0.144. The lowest BCUT2D eigenvalue weighted by atomic mass is 9.75. The van der Waals surface area contributed by atoms with Gasteiger partial charge in [-0.1, -0.05) is 12.1 Å². The Morgan fingerprint density at radius 1 is 0.952 bits per heavy atom. The second-order valence-electron chi connectivity index (χ2n) is 11.4. The monoisotopic (exact) mass is 570 g/mol. The van der Waals surface area contributed by atoms with E-state index in [1.807, 2.05) is 16.7 Å². The van der Waals surface area contributed by atoms with Gasteiger partial charge >= 0.3 is 6.03 Å². The van der Waals surface area contributed by atoms with Gasteiger partial charge in [0.05, 0.1) is 12.8 Å². The van der Waals surface area contributed by atoms with Gasteiger partial charge in [-0.3, -0.25) is 19.7 Å². The van der Waals surface area contributed by atoms with Crippen molar-refractivity contribution in [2.45, 2.75) is 25.3 Å². The van der Waals surface area contributed by atoms with E-state index in [0.717, 1.165) is 17.0 Å². The van der Waals surface area contributed by atoms with E-state index in [1.54, 1.807) is 48.5 Å². The number of urea groups is 1. The van der Waals surface area contributed by atoms with Crippen molar-refractivity contribution in [3.63, 3.8) is 0 Å². The number of carbonyl (C=O) groups is 3. The Morgan fingerprint density at radius 3 is 2.57 bits per heavy atom. The van der Waals surface area contributed by atoms with E-state index in [0.29, 0.717) is 48.1 Å². The van der Waals surface area contributed by atoms with Crippen LogP contribution in [0.25, 0.3) is 0 Å². The van der Waals surface area contributed by atoms with Gasteiger partial charge in [0, 0.05) is 43.9 Å². The number of ether oxygens (including phenoxy) is 3. The van der Waals surface area contributed by atoms with E-state index in [9.17, 15) is 19.2 Å². The first-order valence-corrected chi connectivity index (χ1v) is 14.0. The maximum absolute atomic E-state index is 14.5. The predicted molar refractivity (Wildman–Crippen MR) is 151 cm³/mol. The lowest BCUT2D eigenvalue weighted by Crippen LogP contribution is -2.68. The molecule has 0 saturated carbocycles. The number of aromatic nitrogens is 1. The van der Waals surface area contributed by atoms with Crippen molar-refractivity contribution in [1.82, 2.24) is 14.8 Å². The zero-order chi connectivity index (χ0) is 29.0. The Labute approximate surface area is 241 Å². The van der Waals surface area contributed by atoms with Crippen molar-refractivity contribution >= 4 is 23.5 Å². The fourth-order valence-electron chi connectivity index (χ4n) is 6.90. The number of carbonyl (C=O) groups excluding carboxylic acids is 3. The fraction of sp³-hybridized carbons (Fsp3) is 0.355. The molecule has 4 amide bonds. The highest BCUT2D eigenvalue weighted by molar-refractivity contribution is 6.30. The number of rotatable bonds is 6. The molecule has 4 aliphatic heterocycles. The maximum Gasteiger partial charge on any atom is 0.335 e. The van der Waals surface area contributed by atoms with Crippen molar-refractivity contribution in [3.05, 3.63) is 82.3 Å². The number of piperidine rings is 1. The Morgan fingerprint density at radius 2 is 1.76 bits per heavy atom. The molecule has 11 nitrogen and oxygen atoms in total. The molecule has 3 aromatic rings. The molecule has 7 rings (SSSR count). The summed E-state index contributed by atoms with van der Waals surface area (Å²) in [6.07, 6.45) is 0.988. The van der Waals surface area contributed by atoms with Crippen LogP contribution in [0.15, 0.2) is 65.5 Å². The van der Waals surface area contributed by atoms with E-state index in [2.05, 4.69) is 10.2 Å².